The second-order valence-electron chi connectivity index (χ2n) is 6.07. The van der Waals surface area contributed by atoms with Gasteiger partial charge in [-0.1, -0.05) is 17.7 Å². The molecule has 2 heterocycles. The number of benzene rings is 1. The average Bonchev–Trinajstić information content (AvgIpc) is 2.44. The van der Waals surface area contributed by atoms with E-state index in [1.807, 2.05) is 4.90 Å². The molecular weight excluding hydrogens is 250 g/mol. The summed E-state index contributed by atoms with van der Waals surface area (Å²) in [6.07, 6.45) is 0. The average molecular weight is 273 g/mol. The minimum Gasteiger partial charge on any atom is -0.368 e. The highest BCUT2D eigenvalue weighted by Gasteiger charge is 2.34. The molecule has 2 aliphatic rings. The van der Waals surface area contributed by atoms with Gasteiger partial charge in [0.2, 0.25) is 5.91 Å². The van der Waals surface area contributed by atoms with Crippen molar-refractivity contribution in [2.24, 2.45) is 5.92 Å². The number of carbonyl (C=O) groups is 1. The molecule has 0 unspecified atom stereocenters. The van der Waals surface area contributed by atoms with Gasteiger partial charge in [0, 0.05) is 45.0 Å². The lowest BCUT2D eigenvalue weighted by molar-refractivity contribution is -0.140. The second kappa shape index (κ2) is 5.44. The number of aryl methyl sites for hydroxylation is 1. The Kier molecular flexibility index (Phi) is 3.66. The van der Waals surface area contributed by atoms with Crippen LogP contribution in [0.4, 0.5) is 5.69 Å². The first kappa shape index (κ1) is 13.4. The Balaban J connectivity index is 1.54. The summed E-state index contributed by atoms with van der Waals surface area (Å²) in [7, 11) is 2.07. The van der Waals surface area contributed by atoms with Crippen LogP contribution in [0.5, 0.6) is 0 Å². The number of rotatable bonds is 2. The van der Waals surface area contributed by atoms with Gasteiger partial charge in [0.15, 0.2) is 0 Å². The Bertz CT molecular complexity index is 471. The normalized spacial score (nSPS) is 20.9. The van der Waals surface area contributed by atoms with Crippen molar-refractivity contribution >= 4 is 11.6 Å². The SMILES string of the molecule is Cc1ccc(N2CCN(C(=O)C3CN(C)C3)CC2)cc1. The summed E-state index contributed by atoms with van der Waals surface area (Å²) in [5.41, 5.74) is 2.56. The Morgan fingerprint density at radius 1 is 1.05 bits per heavy atom. The number of piperazine rings is 1. The predicted octanol–water partition coefficient (Wildman–Crippen LogP) is 1.21. The van der Waals surface area contributed by atoms with Crippen molar-refractivity contribution in [2.45, 2.75) is 6.92 Å². The van der Waals surface area contributed by atoms with E-state index in [0.29, 0.717) is 5.91 Å². The van der Waals surface area contributed by atoms with Crippen LogP contribution in [0.1, 0.15) is 5.56 Å². The molecule has 1 aromatic carbocycles. The molecule has 0 radical (unpaired) electrons. The maximum absolute atomic E-state index is 12.3. The molecule has 3 rings (SSSR count). The van der Waals surface area contributed by atoms with Crippen molar-refractivity contribution in [3.63, 3.8) is 0 Å². The lowest BCUT2D eigenvalue weighted by Crippen LogP contribution is -2.56. The van der Waals surface area contributed by atoms with E-state index in [2.05, 4.69) is 48.0 Å². The third-order valence-electron chi connectivity index (χ3n) is 4.40. The first-order valence-electron chi connectivity index (χ1n) is 7.42. The molecule has 0 aliphatic carbocycles. The van der Waals surface area contributed by atoms with Crippen LogP contribution in [0, 0.1) is 12.8 Å². The van der Waals surface area contributed by atoms with Gasteiger partial charge in [0.05, 0.1) is 5.92 Å². The minimum atomic E-state index is 0.242. The summed E-state index contributed by atoms with van der Waals surface area (Å²) < 4.78 is 0. The molecule has 2 aliphatic heterocycles. The number of hydrogen-bond acceptors (Lipinski definition) is 3. The third-order valence-corrected chi connectivity index (χ3v) is 4.40. The number of amides is 1. The maximum Gasteiger partial charge on any atom is 0.228 e. The van der Waals surface area contributed by atoms with E-state index in [1.54, 1.807) is 0 Å². The van der Waals surface area contributed by atoms with E-state index in [0.717, 1.165) is 39.3 Å². The Morgan fingerprint density at radius 2 is 1.65 bits per heavy atom. The van der Waals surface area contributed by atoms with Crippen molar-refractivity contribution in [2.75, 3.05) is 51.2 Å². The Morgan fingerprint density at radius 3 is 2.20 bits per heavy atom. The molecule has 0 spiro atoms. The fraction of sp³-hybridized carbons (Fsp3) is 0.562. The maximum atomic E-state index is 12.3. The highest BCUT2D eigenvalue weighted by molar-refractivity contribution is 5.80. The van der Waals surface area contributed by atoms with Gasteiger partial charge in [-0.25, -0.2) is 0 Å². The molecule has 2 fully saturated rings. The van der Waals surface area contributed by atoms with Gasteiger partial charge in [0.1, 0.15) is 0 Å². The molecule has 108 valence electrons. The fourth-order valence-electron chi connectivity index (χ4n) is 3.05. The van der Waals surface area contributed by atoms with Gasteiger partial charge in [-0.3, -0.25) is 4.79 Å². The fourth-order valence-corrected chi connectivity index (χ4v) is 3.05. The summed E-state index contributed by atoms with van der Waals surface area (Å²) >= 11 is 0. The van der Waals surface area contributed by atoms with Crippen LogP contribution < -0.4 is 4.90 Å². The van der Waals surface area contributed by atoms with Crippen LogP contribution in [-0.4, -0.2) is 62.0 Å². The lowest BCUT2D eigenvalue weighted by Gasteiger charge is -2.41. The van der Waals surface area contributed by atoms with Crippen LogP contribution >= 0.6 is 0 Å². The highest BCUT2D eigenvalue weighted by atomic mass is 16.2. The van der Waals surface area contributed by atoms with Gasteiger partial charge < -0.3 is 14.7 Å². The Labute approximate surface area is 121 Å². The molecule has 4 heteroatoms. The molecule has 2 saturated heterocycles. The standard InChI is InChI=1S/C16H23N3O/c1-13-3-5-15(6-4-13)18-7-9-19(10-8-18)16(20)14-11-17(2)12-14/h3-6,14H,7-12H2,1-2H3. The molecule has 4 nitrogen and oxygen atoms in total. The van der Waals surface area contributed by atoms with E-state index in [-0.39, 0.29) is 5.92 Å². The largest absolute Gasteiger partial charge is 0.368 e. The molecular formula is C16H23N3O. The van der Waals surface area contributed by atoms with E-state index >= 15 is 0 Å². The first-order valence-corrected chi connectivity index (χ1v) is 7.42. The number of carbonyl (C=O) groups excluding carboxylic acids is 1. The summed E-state index contributed by atoms with van der Waals surface area (Å²) in [6, 6.07) is 8.65. The zero-order valence-corrected chi connectivity index (χ0v) is 12.4. The molecule has 1 aromatic rings. The number of nitrogens with zero attached hydrogens (tertiary/aromatic N) is 3. The van der Waals surface area contributed by atoms with E-state index in [1.165, 1.54) is 11.3 Å². The second-order valence-corrected chi connectivity index (χ2v) is 6.07. The molecule has 1 amide bonds. The lowest BCUT2D eigenvalue weighted by atomic mass is 9.99. The predicted molar refractivity (Wildman–Crippen MR) is 81.0 cm³/mol. The first-order chi connectivity index (χ1) is 9.63. The molecule has 0 atom stereocenters. The van der Waals surface area contributed by atoms with Crippen molar-refractivity contribution in [1.29, 1.82) is 0 Å². The van der Waals surface area contributed by atoms with Crippen molar-refractivity contribution < 1.29 is 4.79 Å². The smallest absolute Gasteiger partial charge is 0.228 e. The van der Waals surface area contributed by atoms with Crippen LogP contribution in [0.15, 0.2) is 24.3 Å². The summed E-state index contributed by atoms with van der Waals surface area (Å²) in [6.45, 7) is 7.55. The molecule has 0 saturated carbocycles. The van der Waals surface area contributed by atoms with Gasteiger partial charge in [-0.05, 0) is 26.1 Å². The van der Waals surface area contributed by atoms with Gasteiger partial charge in [0.25, 0.3) is 0 Å². The van der Waals surface area contributed by atoms with Gasteiger partial charge in [-0.2, -0.15) is 0 Å². The van der Waals surface area contributed by atoms with Crippen LogP contribution in [0.3, 0.4) is 0 Å². The van der Waals surface area contributed by atoms with Crippen LogP contribution in [0.2, 0.25) is 0 Å². The zero-order valence-electron chi connectivity index (χ0n) is 12.4. The summed E-state index contributed by atoms with van der Waals surface area (Å²) in [5.74, 6) is 0.595. The van der Waals surface area contributed by atoms with E-state index < -0.39 is 0 Å². The number of anilines is 1. The molecule has 20 heavy (non-hydrogen) atoms. The molecule has 0 bridgehead atoms. The van der Waals surface area contributed by atoms with E-state index in [9.17, 15) is 4.79 Å². The topological polar surface area (TPSA) is 26.8 Å². The number of hydrogen-bond donors (Lipinski definition) is 0. The quantitative estimate of drug-likeness (QED) is 0.810. The van der Waals surface area contributed by atoms with Gasteiger partial charge >= 0.3 is 0 Å². The third kappa shape index (κ3) is 2.66. The van der Waals surface area contributed by atoms with Crippen LogP contribution in [-0.2, 0) is 4.79 Å². The monoisotopic (exact) mass is 273 g/mol. The van der Waals surface area contributed by atoms with Crippen molar-refractivity contribution in [3.05, 3.63) is 29.8 Å². The summed E-state index contributed by atoms with van der Waals surface area (Å²) in [4.78, 5) is 18.9. The minimum absolute atomic E-state index is 0.242. The highest BCUT2D eigenvalue weighted by Crippen LogP contribution is 2.20. The summed E-state index contributed by atoms with van der Waals surface area (Å²) in [5, 5.41) is 0. The van der Waals surface area contributed by atoms with Crippen molar-refractivity contribution in [1.82, 2.24) is 9.80 Å². The van der Waals surface area contributed by atoms with E-state index in [4.69, 9.17) is 0 Å². The van der Waals surface area contributed by atoms with Crippen molar-refractivity contribution in [3.8, 4) is 0 Å². The number of likely N-dealkylation sites (tertiary alicyclic amines) is 1. The van der Waals surface area contributed by atoms with Crippen LogP contribution in [0.25, 0.3) is 0 Å². The molecule has 0 aromatic heterocycles. The Hall–Kier alpha value is -1.55. The van der Waals surface area contributed by atoms with Gasteiger partial charge in [-0.15, -0.1) is 0 Å². The molecule has 0 N–H and O–H groups in total. The zero-order chi connectivity index (χ0) is 14.1.